The maximum absolute atomic E-state index is 13.4. The van der Waals surface area contributed by atoms with Gasteiger partial charge in [-0.1, -0.05) is 42.5 Å². The Morgan fingerprint density at radius 3 is 2.40 bits per heavy atom. The van der Waals surface area contributed by atoms with E-state index in [0.29, 0.717) is 6.61 Å². The van der Waals surface area contributed by atoms with E-state index in [2.05, 4.69) is 5.43 Å². The van der Waals surface area contributed by atoms with Crippen LogP contribution in [0.15, 0.2) is 54.6 Å². The first-order valence-corrected chi connectivity index (χ1v) is 6.64. The molecule has 0 saturated heterocycles. The molecule has 20 heavy (non-hydrogen) atoms. The normalized spacial score (nSPS) is 13.9. The summed E-state index contributed by atoms with van der Waals surface area (Å²) >= 11 is 0. The Kier molecular flexibility index (Phi) is 5.24. The molecule has 106 valence electrons. The molecule has 0 amide bonds. The summed E-state index contributed by atoms with van der Waals surface area (Å²) in [4.78, 5) is 0. The van der Waals surface area contributed by atoms with Crippen molar-refractivity contribution in [2.24, 2.45) is 5.84 Å². The predicted molar refractivity (Wildman–Crippen MR) is 77.3 cm³/mol. The fourth-order valence-electron chi connectivity index (χ4n) is 2.27. The van der Waals surface area contributed by atoms with Gasteiger partial charge in [0.1, 0.15) is 11.9 Å². The van der Waals surface area contributed by atoms with E-state index in [9.17, 15) is 4.39 Å². The molecule has 2 aromatic carbocycles. The van der Waals surface area contributed by atoms with E-state index in [1.54, 1.807) is 6.07 Å². The molecule has 0 spiro atoms. The number of nitrogens with two attached hydrogens (primary N) is 1. The zero-order chi connectivity index (χ0) is 14.4. The Balaban J connectivity index is 2.35. The van der Waals surface area contributed by atoms with Gasteiger partial charge < -0.3 is 4.74 Å². The highest BCUT2D eigenvalue weighted by Gasteiger charge is 2.24. The van der Waals surface area contributed by atoms with E-state index in [1.807, 2.05) is 43.3 Å². The molecule has 0 aromatic heterocycles. The smallest absolute Gasteiger partial charge is 0.123 e. The zero-order valence-electron chi connectivity index (χ0n) is 11.4. The second kappa shape index (κ2) is 7.14. The van der Waals surface area contributed by atoms with E-state index in [4.69, 9.17) is 10.6 Å². The van der Waals surface area contributed by atoms with Crippen molar-refractivity contribution in [2.75, 3.05) is 6.61 Å². The third kappa shape index (κ3) is 3.42. The van der Waals surface area contributed by atoms with Gasteiger partial charge in [0.25, 0.3) is 0 Å². The highest BCUT2D eigenvalue weighted by atomic mass is 19.1. The number of hydrazine groups is 1. The first-order chi connectivity index (χ1) is 9.76. The van der Waals surface area contributed by atoms with E-state index in [0.717, 1.165) is 11.1 Å². The van der Waals surface area contributed by atoms with Crippen molar-refractivity contribution in [3.05, 3.63) is 71.5 Å². The molecule has 2 atom stereocenters. The molecule has 0 radical (unpaired) electrons. The van der Waals surface area contributed by atoms with Crippen molar-refractivity contribution < 1.29 is 9.13 Å². The first kappa shape index (κ1) is 14.7. The van der Waals surface area contributed by atoms with Gasteiger partial charge in [-0.25, -0.2) is 9.82 Å². The van der Waals surface area contributed by atoms with E-state index in [-0.39, 0.29) is 18.0 Å². The second-order valence-corrected chi connectivity index (χ2v) is 4.49. The molecule has 3 N–H and O–H groups in total. The van der Waals surface area contributed by atoms with Crippen LogP contribution < -0.4 is 11.3 Å². The SMILES string of the molecule is CCOC(c1ccccc1)C(NN)c1cccc(F)c1. The van der Waals surface area contributed by atoms with Gasteiger partial charge in [-0.3, -0.25) is 5.84 Å². The molecule has 0 bridgehead atoms. The molecule has 2 rings (SSSR count). The third-order valence-electron chi connectivity index (χ3n) is 3.16. The Bertz CT molecular complexity index is 533. The number of hydrogen-bond donors (Lipinski definition) is 2. The van der Waals surface area contributed by atoms with Crippen molar-refractivity contribution in [3.8, 4) is 0 Å². The minimum absolute atomic E-state index is 0.270. The molecule has 4 heteroatoms. The van der Waals surface area contributed by atoms with Crippen LogP contribution in [-0.2, 0) is 4.74 Å². The summed E-state index contributed by atoms with van der Waals surface area (Å²) in [5.41, 5.74) is 4.50. The highest BCUT2D eigenvalue weighted by Crippen LogP contribution is 2.31. The number of nitrogens with one attached hydrogen (secondary N) is 1. The zero-order valence-corrected chi connectivity index (χ0v) is 11.4. The van der Waals surface area contributed by atoms with Gasteiger partial charge in [0.15, 0.2) is 0 Å². The monoisotopic (exact) mass is 274 g/mol. The Labute approximate surface area is 118 Å². The van der Waals surface area contributed by atoms with Crippen LogP contribution in [0.3, 0.4) is 0 Å². The lowest BCUT2D eigenvalue weighted by molar-refractivity contribution is 0.0326. The molecular formula is C16H19FN2O. The lowest BCUT2D eigenvalue weighted by Crippen LogP contribution is -2.33. The van der Waals surface area contributed by atoms with E-state index in [1.165, 1.54) is 12.1 Å². The van der Waals surface area contributed by atoms with Crippen molar-refractivity contribution in [1.29, 1.82) is 0 Å². The number of halogens is 1. The molecule has 0 fully saturated rings. The van der Waals surface area contributed by atoms with Crippen LogP contribution in [0.4, 0.5) is 4.39 Å². The van der Waals surface area contributed by atoms with Crippen LogP contribution in [-0.4, -0.2) is 6.61 Å². The number of hydrogen-bond acceptors (Lipinski definition) is 3. The Morgan fingerprint density at radius 1 is 1.10 bits per heavy atom. The second-order valence-electron chi connectivity index (χ2n) is 4.49. The number of rotatable bonds is 6. The molecule has 0 aliphatic carbocycles. The van der Waals surface area contributed by atoms with Crippen molar-refractivity contribution in [2.45, 2.75) is 19.1 Å². The van der Waals surface area contributed by atoms with Crippen LogP contribution >= 0.6 is 0 Å². The standard InChI is InChI=1S/C16H19FN2O/c1-2-20-16(12-7-4-3-5-8-12)15(19-18)13-9-6-10-14(17)11-13/h3-11,15-16,19H,2,18H2,1H3. The van der Waals surface area contributed by atoms with Crippen LogP contribution in [0.2, 0.25) is 0 Å². The molecule has 0 saturated carbocycles. The molecular weight excluding hydrogens is 255 g/mol. The van der Waals surface area contributed by atoms with Crippen molar-refractivity contribution in [1.82, 2.24) is 5.43 Å². The van der Waals surface area contributed by atoms with Gasteiger partial charge in [-0.2, -0.15) is 0 Å². The van der Waals surface area contributed by atoms with Crippen LogP contribution in [0, 0.1) is 5.82 Å². The lowest BCUT2D eigenvalue weighted by Gasteiger charge is -2.27. The van der Waals surface area contributed by atoms with Crippen molar-refractivity contribution >= 4 is 0 Å². The molecule has 2 aromatic rings. The minimum Gasteiger partial charge on any atom is -0.372 e. The summed E-state index contributed by atoms with van der Waals surface area (Å²) in [6.07, 6.45) is -0.270. The maximum atomic E-state index is 13.4. The average Bonchev–Trinajstić information content (AvgIpc) is 2.48. The topological polar surface area (TPSA) is 47.3 Å². The molecule has 2 unspecified atom stereocenters. The molecule has 0 aliphatic rings. The van der Waals surface area contributed by atoms with Crippen LogP contribution in [0.5, 0.6) is 0 Å². The van der Waals surface area contributed by atoms with E-state index >= 15 is 0 Å². The summed E-state index contributed by atoms with van der Waals surface area (Å²) < 4.78 is 19.2. The molecule has 0 heterocycles. The summed E-state index contributed by atoms with van der Waals surface area (Å²) in [6.45, 7) is 2.47. The summed E-state index contributed by atoms with van der Waals surface area (Å²) in [5.74, 6) is 5.38. The summed E-state index contributed by atoms with van der Waals surface area (Å²) in [7, 11) is 0. The Hall–Kier alpha value is -1.75. The molecule has 0 aliphatic heterocycles. The maximum Gasteiger partial charge on any atom is 0.123 e. The summed E-state index contributed by atoms with van der Waals surface area (Å²) in [6, 6.07) is 15.9. The minimum atomic E-state index is -0.312. The summed E-state index contributed by atoms with van der Waals surface area (Å²) in [5, 5.41) is 0. The van der Waals surface area contributed by atoms with Gasteiger partial charge in [0.05, 0.1) is 6.04 Å². The lowest BCUT2D eigenvalue weighted by atomic mass is 9.96. The van der Waals surface area contributed by atoms with Gasteiger partial charge in [0, 0.05) is 6.61 Å². The van der Waals surface area contributed by atoms with Crippen LogP contribution in [0.1, 0.15) is 30.2 Å². The van der Waals surface area contributed by atoms with E-state index < -0.39 is 0 Å². The Morgan fingerprint density at radius 2 is 1.80 bits per heavy atom. The first-order valence-electron chi connectivity index (χ1n) is 6.64. The van der Waals surface area contributed by atoms with Crippen LogP contribution in [0.25, 0.3) is 0 Å². The van der Waals surface area contributed by atoms with Crippen molar-refractivity contribution in [3.63, 3.8) is 0 Å². The average molecular weight is 274 g/mol. The number of ether oxygens (including phenoxy) is 1. The molecule has 3 nitrogen and oxygen atoms in total. The predicted octanol–water partition coefficient (Wildman–Crippen LogP) is 3.11. The van der Waals surface area contributed by atoms with Gasteiger partial charge in [0.2, 0.25) is 0 Å². The van der Waals surface area contributed by atoms with Gasteiger partial charge in [-0.15, -0.1) is 0 Å². The third-order valence-corrected chi connectivity index (χ3v) is 3.16. The quantitative estimate of drug-likeness (QED) is 0.628. The fourth-order valence-corrected chi connectivity index (χ4v) is 2.27. The number of benzene rings is 2. The van der Waals surface area contributed by atoms with Gasteiger partial charge >= 0.3 is 0 Å². The highest BCUT2D eigenvalue weighted by molar-refractivity contribution is 5.26. The van der Waals surface area contributed by atoms with Gasteiger partial charge in [-0.05, 0) is 30.2 Å². The fraction of sp³-hybridized carbons (Fsp3) is 0.250. The largest absolute Gasteiger partial charge is 0.372 e.